The molecular formula is C18H19. The van der Waals surface area contributed by atoms with Crippen LogP contribution in [0.2, 0.25) is 0 Å². The summed E-state index contributed by atoms with van der Waals surface area (Å²) in [5, 5.41) is 0. The van der Waals surface area contributed by atoms with E-state index in [1.54, 1.807) is 0 Å². The molecular weight excluding hydrogens is 216 g/mol. The van der Waals surface area contributed by atoms with E-state index in [0.29, 0.717) is 5.92 Å². The molecule has 2 aromatic rings. The molecule has 0 nitrogen and oxygen atoms in total. The monoisotopic (exact) mass is 235 g/mol. The van der Waals surface area contributed by atoms with Gasteiger partial charge in [-0.2, -0.15) is 0 Å². The molecule has 1 unspecified atom stereocenters. The Balaban J connectivity index is 2.03. The van der Waals surface area contributed by atoms with Gasteiger partial charge in [-0.1, -0.05) is 62.4 Å². The van der Waals surface area contributed by atoms with Crippen LogP contribution in [0.25, 0.3) is 11.1 Å². The van der Waals surface area contributed by atoms with Crippen molar-refractivity contribution in [2.45, 2.75) is 20.3 Å². The fourth-order valence-corrected chi connectivity index (χ4v) is 2.83. The van der Waals surface area contributed by atoms with E-state index < -0.39 is 0 Å². The molecule has 0 bridgehead atoms. The highest BCUT2D eigenvalue weighted by Crippen LogP contribution is 2.38. The molecule has 0 saturated carbocycles. The zero-order valence-electron chi connectivity index (χ0n) is 11.1. The van der Waals surface area contributed by atoms with Crippen LogP contribution in [0.4, 0.5) is 0 Å². The lowest BCUT2D eigenvalue weighted by atomic mass is 9.92. The first-order valence-corrected chi connectivity index (χ1v) is 6.78. The molecule has 0 fully saturated rings. The van der Waals surface area contributed by atoms with Crippen molar-refractivity contribution in [2.24, 2.45) is 11.8 Å². The van der Waals surface area contributed by atoms with Crippen molar-refractivity contribution in [3.63, 3.8) is 0 Å². The molecule has 1 atom stereocenters. The van der Waals surface area contributed by atoms with E-state index in [1.807, 2.05) is 0 Å². The maximum Gasteiger partial charge on any atom is -0.00532 e. The van der Waals surface area contributed by atoms with Crippen LogP contribution >= 0.6 is 0 Å². The van der Waals surface area contributed by atoms with Crippen LogP contribution in [0.3, 0.4) is 0 Å². The van der Waals surface area contributed by atoms with E-state index >= 15 is 0 Å². The Morgan fingerprint density at radius 2 is 1.72 bits per heavy atom. The topological polar surface area (TPSA) is 0 Å². The highest BCUT2D eigenvalue weighted by atomic mass is 14.3. The van der Waals surface area contributed by atoms with Gasteiger partial charge in [-0.25, -0.2) is 0 Å². The molecule has 0 saturated heterocycles. The van der Waals surface area contributed by atoms with E-state index in [4.69, 9.17) is 0 Å². The van der Waals surface area contributed by atoms with E-state index in [1.165, 1.54) is 28.7 Å². The third kappa shape index (κ3) is 1.96. The van der Waals surface area contributed by atoms with Crippen molar-refractivity contribution in [3.05, 3.63) is 66.1 Å². The molecule has 0 N–H and O–H groups in total. The third-order valence-corrected chi connectivity index (χ3v) is 3.99. The largest absolute Gasteiger partial charge is 0.0625 e. The first kappa shape index (κ1) is 11.5. The Kier molecular flexibility index (Phi) is 2.95. The Morgan fingerprint density at radius 1 is 0.944 bits per heavy atom. The van der Waals surface area contributed by atoms with Gasteiger partial charge >= 0.3 is 0 Å². The minimum Gasteiger partial charge on any atom is -0.0625 e. The van der Waals surface area contributed by atoms with Crippen molar-refractivity contribution >= 4 is 0 Å². The van der Waals surface area contributed by atoms with Crippen molar-refractivity contribution in [2.75, 3.05) is 0 Å². The minimum absolute atomic E-state index is 0.699. The van der Waals surface area contributed by atoms with Gasteiger partial charge in [0.1, 0.15) is 0 Å². The number of fused-ring (bicyclic) bond motifs is 1. The second-order valence-corrected chi connectivity index (χ2v) is 5.52. The van der Waals surface area contributed by atoms with Gasteiger partial charge in [0.25, 0.3) is 0 Å². The van der Waals surface area contributed by atoms with E-state index in [0.717, 1.165) is 5.92 Å². The summed E-state index contributed by atoms with van der Waals surface area (Å²) >= 11 is 0. The van der Waals surface area contributed by atoms with Crippen LogP contribution in [-0.4, -0.2) is 0 Å². The van der Waals surface area contributed by atoms with Crippen molar-refractivity contribution in [1.82, 2.24) is 0 Å². The van der Waals surface area contributed by atoms with Gasteiger partial charge in [-0.3, -0.25) is 0 Å². The maximum absolute atomic E-state index is 2.45. The minimum atomic E-state index is 0.699. The van der Waals surface area contributed by atoms with E-state index in [9.17, 15) is 0 Å². The van der Waals surface area contributed by atoms with Gasteiger partial charge in [0.15, 0.2) is 0 Å². The summed E-state index contributed by atoms with van der Waals surface area (Å²) in [6, 6.07) is 17.4. The zero-order chi connectivity index (χ0) is 12.5. The molecule has 0 aliphatic heterocycles. The summed E-state index contributed by atoms with van der Waals surface area (Å²) in [4.78, 5) is 0. The lowest BCUT2D eigenvalue weighted by molar-refractivity contribution is 0.459. The SMILES string of the molecule is CC(C)C1[CH]c2cccc(-c3ccccc3)c2C1. The van der Waals surface area contributed by atoms with E-state index in [2.05, 4.69) is 68.8 Å². The molecule has 0 heterocycles. The molecule has 2 aromatic carbocycles. The van der Waals surface area contributed by atoms with Crippen LogP contribution in [0.15, 0.2) is 48.5 Å². The predicted molar refractivity (Wildman–Crippen MR) is 77.3 cm³/mol. The second-order valence-electron chi connectivity index (χ2n) is 5.52. The summed E-state index contributed by atoms with van der Waals surface area (Å²) < 4.78 is 0. The normalized spacial score (nSPS) is 18.1. The predicted octanol–water partition coefficient (Wildman–Crippen LogP) is 4.73. The van der Waals surface area contributed by atoms with Gasteiger partial charge in [0.2, 0.25) is 0 Å². The third-order valence-electron chi connectivity index (χ3n) is 3.99. The molecule has 18 heavy (non-hydrogen) atoms. The van der Waals surface area contributed by atoms with Crippen LogP contribution in [0, 0.1) is 18.3 Å². The molecule has 0 amide bonds. The Labute approximate surface area is 110 Å². The molecule has 1 radical (unpaired) electrons. The number of hydrogen-bond acceptors (Lipinski definition) is 0. The molecule has 3 rings (SSSR count). The average Bonchev–Trinajstić information content (AvgIpc) is 2.83. The standard InChI is InChI=1S/C18H19/c1-13(2)16-11-15-9-6-10-17(18(15)12-16)14-7-4-3-5-8-14/h3-11,13,16H,12H2,1-2H3. The molecule has 0 heteroatoms. The van der Waals surface area contributed by atoms with Crippen molar-refractivity contribution in [1.29, 1.82) is 0 Å². The Bertz CT molecular complexity index is 537. The lowest BCUT2D eigenvalue weighted by Gasteiger charge is -2.12. The summed E-state index contributed by atoms with van der Waals surface area (Å²) in [5.41, 5.74) is 5.72. The highest BCUT2D eigenvalue weighted by molar-refractivity contribution is 5.70. The highest BCUT2D eigenvalue weighted by Gasteiger charge is 2.26. The van der Waals surface area contributed by atoms with Gasteiger partial charge in [-0.15, -0.1) is 0 Å². The van der Waals surface area contributed by atoms with Crippen LogP contribution in [0.5, 0.6) is 0 Å². The summed E-state index contributed by atoms with van der Waals surface area (Å²) in [6.07, 6.45) is 3.64. The molecule has 1 aliphatic rings. The summed E-state index contributed by atoms with van der Waals surface area (Å²) in [5.74, 6) is 1.42. The first-order valence-electron chi connectivity index (χ1n) is 6.78. The molecule has 0 aromatic heterocycles. The fourth-order valence-electron chi connectivity index (χ4n) is 2.83. The molecule has 1 aliphatic carbocycles. The average molecular weight is 235 g/mol. The fraction of sp³-hybridized carbons (Fsp3) is 0.278. The van der Waals surface area contributed by atoms with Crippen molar-refractivity contribution < 1.29 is 0 Å². The number of hydrogen-bond donors (Lipinski definition) is 0. The number of benzene rings is 2. The van der Waals surface area contributed by atoms with Gasteiger partial charge < -0.3 is 0 Å². The van der Waals surface area contributed by atoms with Crippen LogP contribution in [0.1, 0.15) is 25.0 Å². The zero-order valence-corrected chi connectivity index (χ0v) is 11.1. The van der Waals surface area contributed by atoms with Gasteiger partial charge in [0, 0.05) is 0 Å². The Hall–Kier alpha value is -1.56. The maximum atomic E-state index is 2.45. The van der Waals surface area contributed by atoms with Crippen molar-refractivity contribution in [3.8, 4) is 11.1 Å². The first-order chi connectivity index (χ1) is 8.75. The lowest BCUT2D eigenvalue weighted by Crippen LogP contribution is -2.06. The number of rotatable bonds is 2. The Morgan fingerprint density at radius 3 is 2.44 bits per heavy atom. The quantitative estimate of drug-likeness (QED) is 0.705. The second kappa shape index (κ2) is 4.61. The van der Waals surface area contributed by atoms with Crippen LogP contribution < -0.4 is 0 Å². The van der Waals surface area contributed by atoms with Crippen LogP contribution in [-0.2, 0) is 6.42 Å². The molecule has 91 valence electrons. The smallest absolute Gasteiger partial charge is 0.00532 e. The van der Waals surface area contributed by atoms with Gasteiger partial charge in [-0.05, 0) is 46.9 Å². The summed E-state index contributed by atoms with van der Waals surface area (Å²) in [6.45, 7) is 4.63. The van der Waals surface area contributed by atoms with Gasteiger partial charge in [0.05, 0.1) is 0 Å². The molecule has 0 spiro atoms. The van der Waals surface area contributed by atoms with E-state index in [-0.39, 0.29) is 0 Å². The summed E-state index contributed by atoms with van der Waals surface area (Å²) in [7, 11) is 0.